The second kappa shape index (κ2) is 15.9. The summed E-state index contributed by atoms with van der Waals surface area (Å²) in [5.41, 5.74) is 0. The number of nitrogens with zero attached hydrogens (tertiary/aromatic N) is 1. The maximum atomic E-state index is 8.25. The predicted octanol–water partition coefficient (Wildman–Crippen LogP) is -0.0817. The van der Waals surface area contributed by atoms with Crippen molar-refractivity contribution in [1.82, 2.24) is 12.3 Å². The van der Waals surface area contributed by atoms with Gasteiger partial charge in [-0.15, -0.1) is 0 Å². The minimum absolute atomic E-state index is 0. The van der Waals surface area contributed by atoms with E-state index in [0.717, 1.165) is 0 Å². The van der Waals surface area contributed by atoms with Crippen molar-refractivity contribution in [2.24, 2.45) is 0 Å². The van der Waals surface area contributed by atoms with E-state index in [2.05, 4.69) is 0 Å². The summed E-state index contributed by atoms with van der Waals surface area (Å²) < 4.78 is 0. The average molecular weight is 136 g/mol. The van der Waals surface area contributed by atoms with Gasteiger partial charge < -0.3 is 27.6 Å². The number of hydrogen-bond acceptors (Lipinski definition) is 4. The molecule has 0 aliphatic carbocycles. The first-order valence-electron chi connectivity index (χ1n) is 0.548. The molecular formula is H7KN3O3. The Hall–Kier alpha value is 0.756. The molecule has 0 amide bonds. The van der Waals surface area contributed by atoms with Gasteiger partial charge in [0.15, 0.2) is 0 Å². The van der Waals surface area contributed by atoms with Crippen LogP contribution >= 0.6 is 0 Å². The third-order valence-corrected chi connectivity index (χ3v) is 0. The molecule has 0 saturated carbocycles. The fourth-order valence-electron chi connectivity index (χ4n) is 0. The van der Waals surface area contributed by atoms with E-state index in [0.29, 0.717) is 0 Å². The van der Waals surface area contributed by atoms with Crippen LogP contribution in [0.5, 0.6) is 0 Å². The van der Waals surface area contributed by atoms with Crippen molar-refractivity contribution in [1.29, 1.82) is 0 Å². The van der Waals surface area contributed by atoms with Gasteiger partial charge in [0, 0.05) is 51.4 Å². The van der Waals surface area contributed by atoms with E-state index in [1.807, 2.05) is 0 Å². The van der Waals surface area contributed by atoms with Crippen LogP contribution in [0.3, 0.4) is 0 Å². The van der Waals surface area contributed by atoms with Gasteiger partial charge in [-0.05, 0) is 0 Å². The summed E-state index contributed by atoms with van der Waals surface area (Å²) in [4.78, 5) is 8.25. The first kappa shape index (κ1) is 25.1. The summed E-state index contributed by atoms with van der Waals surface area (Å²) in [7, 11) is 0. The van der Waals surface area contributed by atoms with Crippen molar-refractivity contribution >= 4 is 51.4 Å². The maximum Gasteiger partial charge on any atom is 0.0689 e. The molecule has 0 spiro atoms. The zero-order valence-corrected chi connectivity index (χ0v) is 7.50. The summed E-state index contributed by atoms with van der Waals surface area (Å²) in [6.45, 7) is 0. The van der Waals surface area contributed by atoms with Crippen LogP contribution in [0.25, 0.3) is 0 Å². The number of quaternary nitrogens is 1. The molecule has 0 unspecified atom stereocenters. The summed E-state index contributed by atoms with van der Waals surface area (Å²) >= 11 is 0. The topological polar surface area (TPSA) is 138 Å². The van der Waals surface area contributed by atoms with Crippen LogP contribution in [0.15, 0.2) is 0 Å². The van der Waals surface area contributed by atoms with Crippen LogP contribution in [0.4, 0.5) is 0 Å². The van der Waals surface area contributed by atoms with E-state index < -0.39 is 5.09 Å². The van der Waals surface area contributed by atoms with Crippen LogP contribution in [0.2, 0.25) is 0 Å². The van der Waals surface area contributed by atoms with Gasteiger partial charge in [0.1, 0.15) is 0 Å². The van der Waals surface area contributed by atoms with Crippen molar-refractivity contribution in [2.45, 2.75) is 0 Å². The largest absolute Gasteiger partial charge is 0.369 e. The molecule has 0 aromatic heterocycles. The standard InChI is InChI=1S/K.NO3.2H3N/c;2-1(3)4;;/h;;2*1H3/q;-1;;/p+1. The van der Waals surface area contributed by atoms with Gasteiger partial charge in [-0.1, -0.05) is 0 Å². The molecule has 0 heterocycles. The first-order chi connectivity index (χ1) is 1.73. The third-order valence-electron chi connectivity index (χ3n) is 0. The van der Waals surface area contributed by atoms with Gasteiger partial charge in [-0.2, -0.15) is 0 Å². The summed E-state index contributed by atoms with van der Waals surface area (Å²) in [6.07, 6.45) is 0. The molecule has 0 aromatic rings. The molecule has 0 aliphatic heterocycles. The molecule has 0 aliphatic rings. The molecule has 7 heteroatoms. The van der Waals surface area contributed by atoms with Crippen molar-refractivity contribution in [3.63, 3.8) is 0 Å². The van der Waals surface area contributed by atoms with E-state index >= 15 is 0 Å². The Morgan fingerprint density at radius 1 is 1.29 bits per heavy atom. The summed E-state index contributed by atoms with van der Waals surface area (Å²) in [5.74, 6) is 0. The summed E-state index contributed by atoms with van der Waals surface area (Å²) in [6, 6.07) is 0. The van der Waals surface area contributed by atoms with Crippen LogP contribution in [-0.2, 0) is 0 Å². The van der Waals surface area contributed by atoms with Gasteiger partial charge in [0.05, 0.1) is 5.09 Å². The molecule has 0 rings (SSSR count). The molecule has 0 bridgehead atoms. The minimum atomic E-state index is -1.75. The molecule has 0 saturated heterocycles. The molecule has 0 fully saturated rings. The predicted molar refractivity (Wildman–Crippen MR) is 27.1 cm³/mol. The average Bonchev–Trinajstić information content (AvgIpc) is 0.811. The van der Waals surface area contributed by atoms with E-state index in [1.165, 1.54) is 0 Å². The van der Waals surface area contributed by atoms with Crippen molar-refractivity contribution in [3.8, 4) is 0 Å². The van der Waals surface area contributed by atoms with Crippen LogP contribution < -0.4 is 12.3 Å². The third kappa shape index (κ3) is 267. The van der Waals surface area contributed by atoms with E-state index in [1.54, 1.807) is 0 Å². The SMILES string of the molecule is N.O=[N+]([O-])[O-].[K].[NH4+]. The molecule has 0 atom stereocenters. The van der Waals surface area contributed by atoms with Gasteiger partial charge in [0.25, 0.3) is 0 Å². The minimum Gasteiger partial charge on any atom is -0.369 e. The zero-order valence-electron chi connectivity index (χ0n) is 4.38. The van der Waals surface area contributed by atoms with Gasteiger partial charge in [-0.25, -0.2) is 0 Å². The second-order valence-electron chi connectivity index (χ2n) is 0.224. The Morgan fingerprint density at radius 2 is 1.29 bits per heavy atom. The fourth-order valence-corrected chi connectivity index (χ4v) is 0. The first-order valence-corrected chi connectivity index (χ1v) is 0.548. The van der Waals surface area contributed by atoms with Gasteiger partial charge in [-0.3, -0.25) is 0 Å². The van der Waals surface area contributed by atoms with E-state index in [4.69, 9.17) is 15.3 Å². The molecule has 1 radical (unpaired) electrons. The quantitative estimate of drug-likeness (QED) is 0.273. The Bertz CT molecular complexity index is 33.2. The zero-order chi connectivity index (χ0) is 3.58. The van der Waals surface area contributed by atoms with Crippen LogP contribution in [0, 0.1) is 15.3 Å². The molecule has 7 N–H and O–H groups in total. The number of rotatable bonds is 0. The maximum absolute atomic E-state index is 8.25. The summed E-state index contributed by atoms with van der Waals surface area (Å²) in [5, 5.41) is 14.8. The normalized spacial score (nSPS) is 3.43. The van der Waals surface area contributed by atoms with Crippen LogP contribution in [0.1, 0.15) is 0 Å². The molecule has 6 nitrogen and oxygen atoms in total. The smallest absolute Gasteiger partial charge is 0.0689 e. The Morgan fingerprint density at radius 3 is 1.29 bits per heavy atom. The van der Waals surface area contributed by atoms with Crippen molar-refractivity contribution in [3.05, 3.63) is 15.3 Å². The number of hydrogen-bond donors (Lipinski definition) is 2. The molecule has 7 heavy (non-hydrogen) atoms. The monoisotopic (exact) mass is 136 g/mol. The fraction of sp³-hybridized carbons (Fsp3) is 0. The van der Waals surface area contributed by atoms with Crippen molar-refractivity contribution in [2.75, 3.05) is 0 Å². The second-order valence-corrected chi connectivity index (χ2v) is 0.224. The molecular weight excluding hydrogens is 129 g/mol. The van der Waals surface area contributed by atoms with Gasteiger partial charge >= 0.3 is 0 Å². The Labute approximate surface area is 83.0 Å². The Kier molecular flexibility index (Phi) is 56.9. The van der Waals surface area contributed by atoms with Gasteiger partial charge in [0.2, 0.25) is 0 Å². The van der Waals surface area contributed by atoms with E-state index in [9.17, 15) is 0 Å². The van der Waals surface area contributed by atoms with Crippen LogP contribution in [-0.4, -0.2) is 56.5 Å². The molecule has 41 valence electrons. The van der Waals surface area contributed by atoms with Crippen molar-refractivity contribution < 1.29 is 5.09 Å². The molecule has 0 aromatic carbocycles. The van der Waals surface area contributed by atoms with E-state index in [-0.39, 0.29) is 63.7 Å². The Balaban J connectivity index is -0.0000000150.